The van der Waals surface area contributed by atoms with Gasteiger partial charge in [0.25, 0.3) is 0 Å². The Labute approximate surface area is 320 Å². The number of nitrogens with zero attached hydrogens (tertiary/aromatic N) is 5. The second kappa shape index (κ2) is 13.0. The summed E-state index contributed by atoms with van der Waals surface area (Å²) in [5.74, 6) is 2.32. The van der Waals surface area contributed by atoms with E-state index in [1.807, 2.05) is 140 Å². The Bertz CT molecular complexity index is 3250. The van der Waals surface area contributed by atoms with Gasteiger partial charge in [-0.05, 0) is 53.6 Å². The van der Waals surface area contributed by atoms with Gasteiger partial charge in [0, 0.05) is 44.0 Å². The van der Waals surface area contributed by atoms with Gasteiger partial charge in [0.15, 0.2) is 28.9 Å². The summed E-state index contributed by atoms with van der Waals surface area (Å²) < 4.78 is 12.9. The lowest BCUT2D eigenvalue weighted by Gasteiger charge is -2.10. The summed E-state index contributed by atoms with van der Waals surface area (Å²) in [5.41, 5.74) is 11.0. The maximum Gasteiger partial charge on any atom is 0.180 e. The molecule has 0 aliphatic heterocycles. The summed E-state index contributed by atoms with van der Waals surface area (Å²) in [4.78, 5) is 25.5. The molecule has 0 aliphatic carbocycles. The molecule has 11 rings (SSSR count). The Morgan fingerprint density at radius 2 is 0.893 bits per heavy atom. The van der Waals surface area contributed by atoms with E-state index < -0.39 is 0 Å². The molecule has 4 aromatic heterocycles. The molecule has 11 aromatic rings. The van der Waals surface area contributed by atoms with Crippen LogP contribution in [-0.2, 0) is 0 Å². The van der Waals surface area contributed by atoms with E-state index in [1.54, 1.807) is 0 Å². The number of fused-ring (bicyclic) bond motifs is 6. The summed E-state index contributed by atoms with van der Waals surface area (Å²) >= 11 is 0. The van der Waals surface area contributed by atoms with Crippen LogP contribution in [0.2, 0.25) is 0 Å². The predicted molar refractivity (Wildman–Crippen MR) is 223 cm³/mol. The standard InChI is InChI=1S/C49H29N5O2/c1-4-14-30(15-5-1)33-20-12-21-34(28-33)47-52-46(32-18-8-3-9-19-32)53-48(54-47)35-26-27-40-38(29-35)42-37(23-13-25-41(42)55-40)49-50-43(31-16-6-2-7-17-31)45-44(51-49)36-22-10-11-24-39(36)56-45/h1-29H. The zero-order valence-electron chi connectivity index (χ0n) is 29.8. The molecule has 4 heterocycles. The van der Waals surface area contributed by atoms with Crippen molar-refractivity contribution in [3.05, 3.63) is 176 Å². The SMILES string of the molecule is c1ccc(-c2cccc(-c3nc(-c4ccccc4)nc(-c4ccc5oc6cccc(-c7nc(-c8ccccc8)c8oc9ccccc9c8n7)c6c5c4)n3)c2)cc1. The third kappa shape index (κ3) is 5.41. The molecule has 0 unspecified atom stereocenters. The summed E-state index contributed by atoms with van der Waals surface area (Å²) in [6, 6.07) is 58.9. The molecule has 0 amide bonds. The Morgan fingerprint density at radius 1 is 0.321 bits per heavy atom. The van der Waals surface area contributed by atoms with E-state index in [-0.39, 0.29) is 0 Å². The maximum atomic E-state index is 6.48. The third-order valence-corrected chi connectivity index (χ3v) is 10.2. The van der Waals surface area contributed by atoms with E-state index in [4.69, 9.17) is 33.8 Å². The number of furan rings is 2. The van der Waals surface area contributed by atoms with Crippen LogP contribution in [0.25, 0.3) is 112 Å². The molecule has 0 bridgehead atoms. The highest BCUT2D eigenvalue weighted by Crippen LogP contribution is 2.40. The number of hydrogen-bond acceptors (Lipinski definition) is 7. The second-order valence-electron chi connectivity index (χ2n) is 13.6. The number of benzene rings is 7. The second-order valence-corrected chi connectivity index (χ2v) is 13.6. The third-order valence-electron chi connectivity index (χ3n) is 10.2. The zero-order chi connectivity index (χ0) is 37.0. The van der Waals surface area contributed by atoms with Crippen molar-refractivity contribution in [1.29, 1.82) is 0 Å². The average Bonchev–Trinajstić information content (AvgIpc) is 3.85. The van der Waals surface area contributed by atoms with Crippen LogP contribution >= 0.6 is 0 Å². The van der Waals surface area contributed by atoms with Crippen LogP contribution in [0, 0.1) is 0 Å². The average molecular weight is 720 g/mol. The topological polar surface area (TPSA) is 90.7 Å². The first-order chi connectivity index (χ1) is 27.7. The lowest BCUT2D eigenvalue weighted by molar-refractivity contribution is 0.667. The molecule has 0 N–H and O–H groups in total. The minimum Gasteiger partial charge on any atom is -0.456 e. The van der Waals surface area contributed by atoms with Gasteiger partial charge in [-0.1, -0.05) is 133 Å². The molecule has 262 valence electrons. The van der Waals surface area contributed by atoms with Crippen LogP contribution in [0.15, 0.2) is 185 Å². The highest BCUT2D eigenvalue weighted by Gasteiger charge is 2.22. The minimum atomic E-state index is 0.557. The van der Waals surface area contributed by atoms with E-state index >= 15 is 0 Å². The Hall–Kier alpha value is -7.77. The van der Waals surface area contributed by atoms with Crippen LogP contribution in [0.5, 0.6) is 0 Å². The first-order valence-electron chi connectivity index (χ1n) is 18.4. The lowest BCUT2D eigenvalue weighted by atomic mass is 10.0. The molecule has 0 saturated heterocycles. The Morgan fingerprint density at radius 3 is 1.66 bits per heavy atom. The fourth-order valence-corrected chi connectivity index (χ4v) is 7.47. The normalized spacial score (nSPS) is 11.6. The summed E-state index contributed by atoms with van der Waals surface area (Å²) in [6.45, 7) is 0. The predicted octanol–water partition coefficient (Wildman–Crippen LogP) is 12.5. The quantitative estimate of drug-likeness (QED) is 0.169. The molecule has 0 spiro atoms. The molecular weight excluding hydrogens is 691 g/mol. The number of aromatic nitrogens is 5. The van der Waals surface area contributed by atoms with Crippen molar-refractivity contribution in [2.75, 3.05) is 0 Å². The van der Waals surface area contributed by atoms with E-state index in [9.17, 15) is 0 Å². The maximum absolute atomic E-state index is 6.48. The molecular formula is C49H29N5O2. The Balaban J connectivity index is 1.11. The van der Waals surface area contributed by atoms with Gasteiger partial charge in [0.05, 0.1) is 0 Å². The first-order valence-corrected chi connectivity index (χ1v) is 18.4. The van der Waals surface area contributed by atoms with Crippen LogP contribution in [0.1, 0.15) is 0 Å². The van der Waals surface area contributed by atoms with Crippen LogP contribution < -0.4 is 0 Å². The van der Waals surface area contributed by atoms with Crippen molar-refractivity contribution in [1.82, 2.24) is 24.9 Å². The van der Waals surface area contributed by atoms with Crippen LogP contribution in [0.4, 0.5) is 0 Å². The molecule has 0 radical (unpaired) electrons. The van der Waals surface area contributed by atoms with Crippen molar-refractivity contribution >= 4 is 44.0 Å². The van der Waals surface area contributed by atoms with Gasteiger partial charge in [-0.25, -0.2) is 24.9 Å². The van der Waals surface area contributed by atoms with Gasteiger partial charge in [-0.3, -0.25) is 0 Å². The molecule has 7 aromatic carbocycles. The fraction of sp³-hybridized carbons (Fsp3) is 0. The number of hydrogen-bond donors (Lipinski definition) is 0. The van der Waals surface area contributed by atoms with Gasteiger partial charge >= 0.3 is 0 Å². The summed E-state index contributed by atoms with van der Waals surface area (Å²) in [6.07, 6.45) is 0. The van der Waals surface area contributed by atoms with Gasteiger partial charge in [0.1, 0.15) is 28.0 Å². The molecule has 0 atom stereocenters. The van der Waals surface area contributed by atoms with E-state index in [1.165, 1.54) is 0 Å². The molecule has 56 heavy (non-hydrogen) atoms. The van der Waals surface area contributed by atoms with Gasteiger partial charge in [-0.15, -0.1) is 0 Å². The molecule has 7 heteroatoms. The van der Waals surface area contributed by atoms with E-state index in [2.05, 4.69) is 36.4 Å². The fourth-order valence-electron chi connectivity index (χ4n) is 7.47. The zero-order valence-corrected chi connectivity index (χ0v) is 29.8. The van der Waals surface area contributed by atoms with Crippen molar-refractivity contribution < 1.29 is 8.83 Å². The van der Waals surface area contributed by atoms with Crippen LogP contribution in [0.3, 0.4) is 0 Å². The van der Waals surface area contributed by atoms with Crippen molar-refractivity contribution in [2.24, 2.45) is 0 Å². The smallest absolute Gasteiger partial charge is 0.180 e. The highest BCUT2D eigenvalue weighted by atomic mass is 16.3. The van der Waals surface area contributed by atoms with Gasteiger partial charge in [0.2, 0.25) is 0 Å². The van der Waals surface area contributed by atoms with E-state index in [0.717, 1.165) is 83.1 Å². The van der Waals surface area contributed by atoms with Crippen molar-refractivity contribution in [2.45, 2.75) is 0 Å². The number of para-hydroxylation sites is 1. The van der Waals surface area contributed by atoms with Crippen molar-refractivity contribution in [3.63, 3.8) is 0 Å². The molecule has 7 nitrogen and oxygen atoms in total. The molecule has 0 aliphatic rings. The molecule has 0 fully saturated rings. The van der Waals surface area contributed by atoms with Gasteiger partial charge < -0.3 is 8.83 Å². The number of rotatable bonds is 6. The highest BCUT2D eigenvalue weighted by molar-refractivity contribution is 6.14. The monoisotopic (exact) mass is 719 g/mol. The van der Waals surface area contributed by atoms with Gasteiger partial charge in [-0.2, -0.15) is 0 Å². The lowest BCUT2D eigenvalue weighted by Crippen LogP contribution is -2.00. The largest absolute Gasteiger partial charge is 0.456 e. The van der Waals surface area contributed by atoms with Crippen molar-refractivity contribution in [3.8, 4) is 67.9 Å². The molecule has 0 saturated carbocycles. The van der Waals surface area contributed by atoms with E-state index in [0.29, 0.717) is 28.9 Å². The summed E-state index contributed by atoms with van der Waals surface area (Å²) in [5, 5.41) is 2.75. The van der Waals surface area contributed by atoms with Crippen LogP contribution in [-0.4, -0.2) is 24.9 Å². The Kier molecular flexibility index (Phi) is 7.35. The first kappa shape index (κ1) is 31.7. The summed E-state index contributed by atoms with van der Waals surface area (Å²) in [7, 11) is 0. The minimum absolute atomic E-state index is 0.557.